The Hall–Kier alpha value is -2.08. The average Bonchev–Trinajstić information content (AvgIpc) is 2.43. The number of alkyl halides is 3. The van der Waals surface area contributed by atoms with Crippen molar-refractivity contribution >= 4 is 15.9 Å². The van der Waals surface area contributed by atoms with Crippen molar-refractivity contribution in [3.63, 3.8) is 0 Å². The summed E-state index contributed by atoms with van der Waals surface area (Å²) in [5, 5.41) is 8.65. The molecule has 9 heteroatoms. The van der Waals surface area contributed by atoms with Crippen LogP contribution in [0, 0.1) is 11.3 Å². The van der Waals surface area contributed by atoms with Crippen LogP contribution >= 0.6 is 0 Å². The van der Waals surface area contributed by atoms with Crippen molar-refractivity contribution in [3.05, 3.63) is 29.3 Å². The van der Waals surface area contributed by atoms with E-state index in [-0.39, 0.29) is 6.42 Å². The van der Waals surface area contributed by atoms with E-state index < -0.39 is 38.1 Å². The standard InChI is InChI=1S/C13H13F3N2O3S/c1-2-3-4-12(19)18-22(20,21)10-6-5-9(8-17)11(7-10)13(14,15)16/h5-7H,2-4H2,1H3,(H,18,19). The summed E-state index contributed by atoms with van der Waals surface area (Å²) in [5.41, 5.74) is -2.05. The fourth-order valence-corrected chi connectivity index (χ4v) is 2.66. The molecule has 1 amide bonds. The van der Waals surface area contributed by atoms with Crippen molar-refractivity contribution in [2.24, 2.45) is 0 Å². The zero-order valence-corrected chi connectivity index (χ0v) is 12.4. The lowest BCUT2D eigenvalue weighted by molar-refractivity contribution is -0.137. The predicted molar refractivity (Wildman–Crippen MR) is 71.0 cm³/mol. The lowest BCUT2D eigenvalue weighted by Crippen LogP contribution is -2.30. The topological polar surface area (TPSA) is 87.0 Å². The number of benzene rings is 1. The van der Waals surface area contributed by atoms with Crippen LogP contribution in [0.25, 0.3) is 0 Å². The van der Waals surface area contributed by atoms with Gasteiger partial charge in [-0.2, -0.15) is 18.4 Å². The smallest absolute Gasteiger partial charge is 0.274 e. The first-order valence-electron chi connectivity index (χ1n) is 6.28. The number of unbranched alkanes of at least 4 members (excludes halogenated alkanes) is 1. The number of hydrogen-bond donors (Lipinski definition) is 1. The Balaban J connectivity index is 3.17. The zero-order chi connectivity index (χ0) is 17.0. The molecule has 1 N–H and O–H groups in total. The highest BCUT2D eigenvalue weighted by Gasteiger charge is 2.35. The van der Waals surface area contributed by atoms with Gasteiger partial charge in [-0.15, -0.1) is 0 Å². The fraction of sp³-hybridized carbons (Fsp3) is 0.385. The number of rotatable bonds is 5. The lowest BCUT2D eigenvalue weighted by Gasteiger charge is -2.11. The summed E-state index contributed by atoms with van der Waals surface area (Å²) in [6.07, 6.45) is -3.79. The molecule has 0 saturated carbocycles. The molecule has 0 heterocycles. The number of halogens is 3. The summed E-state index contributed by atoms with van der Waals surface area (Å²) in [5.74, 6) is -0.792. The number of carbonyl (C=O) groups is 1. The normalized spacial score (nSPS) is 11.8. The molecule has 5 nitrogen and oxygen atoms in total. The molecule has 1 rings (SSSR count). The van der Waals surface area contributed by atoms with Gasteiger partial charge in [0.25, 0.3) is 10.0 Å². The Bertz CT molecular complexity index is 706. The summed E-state index contributed by atoms with van der Waals surface area (Å²) in [7, 11) is -4.41. The summed E-state index contributed by atoms with van der Waals surface area (Å²) >= 11 is 0. The van der Waals surface area contributed by atoms with Crippen LogP contribution in [-0.4, -0.2) is 14.3 Å². The summed E-state index contributed by atoms with van der Waals surface area (Å²) < 4.78 is 63.9. The molecular weight excluding hydrogens is 321 g/mol. The molecule has 0 bridgehead atoms. The number of carbonyl (C=O) groups excluding carboxylic acids is 1. The van der Waals surface area contributed by atoms with Crippen LogP contribution < -0.4 is 4.72 Å². The van der Waals surface area contributed by atoms with Crippen molar-refractivity contribution in [1.29, 1.82) is 5.26 Å². The minimum atomic E-state index is -4.87. The van der Waals surface area contributed by atoms with Crippen molar-refractivity contribution < 1.29 is 26.4 Å². The quantitative estimate of drug-likeness (QED) is 0.896. The highest BCUT2D eigenvalue weighted by Crippen LogP contribution is 2.33. The van der Waals surface area contributed by atoms with Crippen LogP contribution in [0.1, 0.15) is 37.3 Å². The molecule has 0 fully saturated rings. The lowest BCUT2D eigenvalue weighted by atomic mass is 10.1. The van der Waals surface area contributed by atoms with E-state index in [0.717, 1.165) is 12.1 Å². The van der Waals surface area contributed by atoms with Crippen LogP contribution in [0.2, 0.25) is 0 Å². The first kappa shape index (κ1) is 18.0. The molecule has 1 aromatic rings. The van der Waals surface area contributed by atoms with Gasteiger partial charge in [0, 0.05) is 6.42 Å². The molecule has 0 aliphatic rings. The van der Waals surface area contributed by atoms with Crippen molar-refractivity contribution in [3.8, 4) is 6.07 Å². The van der Waals surface area contributed by atoms with E-state index in [1.165, 1.54) is 6.07 Å². The molecule has 0 aliphatic carbocycles. The second kappa shape index (κ2) is 6.79. The molecule has 0 saturated heterocycles. The zero-order valence-electron chi connectivity index (χ0n) is 11.6. The predicted octanol–water partition coefficient (Wildman–Crippen LogP) is 2.57. The third-order valence-corrected chi connectivity index (χ3v) is 4.10. The Morgan fingerprint density at radius 1 is 1.36 bits per heavy atom. The summed E-state index contributed by atoms with van der Waals surface area (Å²) in [4.78, 5) is 10.7. The molecule has 0 unspecified atom stereocenters. The number of sulfonamides is 1. The highest BCUT2D eigenvalue weighted by molar-refractivity contribution is 7.90. The molecule has 1 aromatic carbocycles. The Labute approximate surface area is 125 Å². The van der Waals surface area contributed by atoms with Crippen molar-refractivity contribution in [1.82, 2.24) is 4.72 Å². The maximum atomic E-state index is 12.8. The van der Waals surface area contributed by atoms with E-state index in [1.54, 1.807) is 11.6 Å². The monoisotopic (exact) mass is 334 g/mol. The van der Waals surface area contributed by atoms with Gasteiger partial charge < -0.3 is 0 Å². The maximum Gasteiger partial charge on any atom is 0.417 e. The van der Waals surface area contributed by atoms with E-state index in [4.69, 9.17) is 5.26 Å². The third-order valence-electron chi connectivity index (χ3n) is 2.73. The minimum Gasteiger partial charge on any atom is -0.274 e. The number of hydrogen-bond acceptors (Lipinski definition) is 4. The van der Waals surface area contributed by atoms with Crippen LogP contribution in [0.4, 0.5) is 13.2 Å². The molecule has 0 aromatic heterocycles. The SMILES string of the molecule is CCCCC(=O)NS(=O)(=O)c1ccc(C#N)c(C(F)(F)F)c1. The summed E-state index contributed by atoms with van der Waals surface area (Å²) in [6.45, 7) is 1.80. The number of nitrogens with one attached hydrogen (secondary N) is 1. The Morgan fingerprint density at radius 3 is 2.50 bits per heavy atom. The largest absolute Gasteiger partial charge is 0.417 e. The fourth-order valence-electron chi connectivity index (χ4n) is 1.62. The number of amides is 1. The van der Waals surface area contributed by atoms with Gasteiger partial charge in [-0.3, -0.25) is 4.79 Å². The molecule has 0 radical (unpaired) electrons. The maximum absolute atomic E-state index is 12.8. The average molecular weight is 334 g/mol. The molecule has 0 spiro atoms. The molecule has 22 heavy (non-hydrogen) atoms. The van der Waals surface area contributed by atoms with E-state index in [9.17, 15) is 26.4 Å². The van der Waals surface area contributed by atoms with Gasteiger partial charge >= 0.3 is 6.18 Å². The van der Waals surface area contributed by atoms with Crippen LogP contribution in [-0.2, 0) is 21.0 Å². The summed E-state index contributed by atoms with van der Waals surface area (Å²) in [6, 6.07) is 3.30. The molecule has 0 atom stereocenters. The van der Waals surface area contributed by atoms with Gasteiger partial charge in [0.05, 0.1) is 22.1 Å². The van der Waals surface area contributed by atoms with Gasteiger partial charge in [-0.05, 0) is 24.6 Å². The van der Waals surface area contributed by atoms with Gasteiger partial charge in [-0.1, -0.05) is 13.3 Å². The number of nitrogens with zero attached hydrogens (tertiary/aromatic N) is 1. The Morgan fingerprint density at radius 2 is 2.00 bits per heavy atom. The first-order valence-corrected chi connectivity index (χ1v) is 7.77. The van der Waals surface area contributed by atoms with Crippen LogP contribution in [0.3, 0.4) is 0 Å². The molecule has 120 valence electrons. The van der Waals surface area contributed by atoms with E-state index in [1.807, 2.05) is 0 Å². The van der Waals surface area contributed by atoms with Gasteiger partial charge in [0.15, 0.2) is 0 Å². The minimum absolute atomic E-state index is 0.0435. The van der Waals surface area contributed by atoms with Crippen LogP contribution in [0.15, 0.2) is 23.1 Å². The van der Waals surface area contributed by atoms with Gasteiger partial charge in [0.1, 0.15) is 0 Å². The van der Waals surface area contributed by atoms with Crippen molar-refractivity contribution in [2.45, 2.75) is 37.3 Å². The first-order chi connectivity index (χ1) is 10.1. The second-order valence-corrected chi connectivity index (χ2v) is 6.13. The van der Waals surface area contributed by atoms with Gasteiger partial charge in [0.2, 0.25) is 5.91 Å². The Kier molecular flexibility index (Phi) is 5.54. The molecule has 0 aliphatic heterocycles. The van der Waals surface area contributed by atoms with E-state index >= 15 is 0 Å². The highest BCUT2D eigenvalue weighted by atomic mass is 32.2. The second-order valence-electron chi connectivity index (χ2n) is 4.45. The van der Waals surface area contributed by atoms with Crippen molar-refractivity contribution in [2.75, 3.05) is 0 Å². The van der Waals surface area contributed by atoms with E-state index in [2.05, 4.69) is 0 Å². The number of nitriles is 1. The third kappa shape index (κ3) is 4.46. The van der Waals surface area contributed by atoms with Crippen LogP contribution in [0.5, 0.6) is 0 Å². The molecular formula is C13H13F3N2O3S. The van der Waals surface area contributed by atoms with Gasteiger partial charge in [-0.25, -0.2) is 13.1 Å². The van der Waals surface area contributed by atoms with E-state index in [0.29, 0.717) is 18.9 Å².